The van der Waals surface area contributed by atoms with E-state index < -0.39 is 17.5 Å². The molecule has 2 fully saturated rings. The fourth-order valence-electron chi connectivity index (χ4n) is 5.85. The average molecular weight is 318 g/mol. The molecule has 0 amide bonds. The number of carbonyl (C=O) groups is 1. The first-order valence-corrected chi connectivity index (χ1v) is 8.94. The molecule has 0 bridgehead atoms. The van der Waals surface area contributed by atoms with Crippen molar-refractivity contribution < 1.29 is 15.0 Å². The summed E-state index contributed by atoms with van der Waals surface area (Å²) in [5.41, 5.74) is 0.380. The Hall–Kier alpha value is -1.09. The van der Waals surface area contributed by atoms with Crippen LogP contribution in [0.3, 0.4) is 0 Å². The van der Waals surface area contributed by atoms with Crippen molar-refractivity contribution in [3.8, 4) is 0 Å². The summed E-state index contributed by atoms with van der Waals surface area (Å²) < 4.78 is 0. The summed E-state index contributed by atoms with van der Waals surface area (Å²) in [4.78, 5) is 12.0. The monoisotopic (exact) mass is 318 g/mol. The lowest BCUT2D eigenvalue weighted by molar-refractivity contribution is -0.168. The van der Waals surface area contributed by atoms with Crippen LogP contribution in [0.4, 0.5) is 0 Å². The topological polar surface area (TPSA) is 57.5 Å². The average Bonchev–Trinajstić information content (AvgIpc) is 2.50. The van der Waals surface area contributed by atoms with E-state index in [0.29, 0.717) is 12.3 Å². The molecule has 3 aliphatic carbocycles. The van der Waals surface area contributed by atoms with Crippen LogP contribution in [0.15, 0.2) is 24.3 Å². The van der Waals surface area contributed by atoms with Gasteiger partial charge in [-0.1, -0.05) is 32.4 Å². The van der Waals surface area contributed by atoms with Gasteiger partial charge in [-0.3, -0.25) is 4.79 Å². The first kappa shape index (κ1) is 16.8. The molecule has 0 heterocycles. The lowest BCUT2D eigenvalue weighted by Crippen LogP contribution is -2.57. The first-order valence-electron chi connectivity index (χ1n) is 8.94. The molecule has 0 radical (unpaired) electrons. The van der Waals surface area contributed by atoms with Crippen molar-refractivity contribution in [1.29, 1.82) is 0 Å². The highest BCUT2D eigenvalue weighted by atomic mass is 16.4. The van der Waals surface area contributed by atoms with Crippen molar-refractivity contribution in [3.63, 3.8) is 0 Å². The van der Waals surface area contributed by atoms with Crippen molar-refractivity contribution in [2.24, 2.45) is 28.1 Å². The molecule has 128 valence electrons. The summed E-state index contributed by atoms with van der Waals surface area (Å²) in [6, 6.07) is 0. The number of carboxylic acid groups (broad SMARTS) is 1. The molecule has 3 heteroatoms. The summed E-state index contributed by atoms with van der Waals surface area (Å²) in [7, 11) is 0. The molecule has 3 aliphatic rings. The van der Waals surface area contributed by atoms with Gasteiger partial charge in [0.05, 0.1) is 11.5 Å². The largest absolute Gasteiger partial charge is 0.481 e. The standard InChI is InChI=1S/C20H30O3/c1-5-18(2)10-7-14-13(12-18)15(21)11-16-19(14,3)8-6-9-20(16,4)17(22)23/h5,12,14-16,21H,1,6-11H2,2-4H3,(H,22,23)/t14-,15+,16+,18+,19+,20-/m1/s1. The zero-order valence-corrected chi connectivity index (χ0v) is 14.6. The van der Waals surface area contributed by atoms with Crippen LogP contribution >= 0.6 is 0 Å². The highest BCUT2D eigenvalue weighted by molar-refractivity contribution is 5.75. The van der Waals surface area contributed by atoms with Gasteiger partial charge >= 0.3 is 5.97 Å². The molecule has 3 rings (SSSR count). The highest BCUT2D eigenvalue weighted by Crippen LogP contribution is 2.63. The van der Waals surface area contributed by atoms with Crippen LogP contribution in [0.1, 0.15) is 59.3 Å². The quantitative estimate of drug-likeness (QED) is 0.751. The molecule has 6 atom stereocenters. The number of hydrogen-bond acceptors (Lipinski definition) is 2. The Bertz CT molecular complexity index is 565. The molecule has 0 aromatic carbocycles. The maximum atomic E-state index is 12.0. The zero-order valence-electron chi connectivity index (χ0n) is 14.6. The van der Waals surface area contributed by atoms with Gasteiger partial charge in [-0.05, 0) is 61.9 Å². The molecule has 3 nitrogen and oxygen atoms in total. The van der Waals surface area contributed by atoms with Crippen LogP contribution in [0.25, 0.3) is 0 Å². The van der Waals surface area contributed by atoms with Gasteiger partial charge in [-0.2, -0.15) is 0 Å². The zero-order chi connectivity index (χ0) is 17.0. The van der Waals surface area contributed by atoms with Crippen LogP contribution in [-0.2, 0) is 4.79 Å². The fraction of sp³-hybridized carbons (Fsp3) is 0.750. The van der Waals surface area contributed by atoms with Crippen molar-refractivity contribution in [2.75, 3.05) is 0 Å². The third-order valence-corrected chi connectivity index (χ3v) is 7.44. The summed E-state index contributed by atoms with van der Waals surface area (Å²) in [6.07, 6.45) is 9.10. The van der Waals surface area contributed by atoms with Gasteiger partial charge in [-0.15, -0.1) is 6.58 Å². The van der Waals surface area contributed by atoms with E-state index >= 15 is 0 Å². The number of aliphatic hydroxyl groups excluding tert-OH is 1. The van der Waals surface area contributed by atoms with Crippen LogP contribution in [0, 0.1) is 28.1 Å². The number of fused-ring (bicyclic) bond motifs is 3. The number of allylic oxidation sites excluding steroid dienone is 2. The minimum absolute atomic E-state index is 0.0149. The number of aliphatic carboxylic acids is 1. The normalized spacial score (nSPS) is 49.6. The summed E-state index contributed by atoms with van der Waals surface area (Å²) >= 11 is 0. The Morgan fingerprint density at radius 2 is 2.00 bits per heavy atom. The fourth-order valence-corrected chi connectivity index (χ4v) is 5.85. The van der Waals surface area contributed by atoms with Gasteiger partial charge in [0.25, 0.3) is 0 Å². The minimum atomic E-state index is -0.710. The SMILES string of the molecule is C=C[C@]1(C)C=C2[C@@H](CC1)[C@]1(C)CCC[C@@](C)(C(=O)O)[C@H]1C[C@@H]2O. The predicted octanol–water partition coefficient (Wildman–Crippen LogP) is 4.18. The Morgan fingerprint density at radius 3 is 2.61 bits per heavy atom. The lowest BCUT2D eigenvalue weighted by Gasteiger charge is -2.60. The van der Waals surface area contributed by atoms with Crippen molar-refractivity contribution in [1.82, 2.24) is 0 Å². The Labute approximate surface area is 139 Å². The first-order chi connectivity index (χ1) is 10.7. The van der Waals surface area contributed by atoms with E-state index in [1.807, 2.05) is 13.0 Å². The van der Waals surface area contributed by atoms with Crippen LogP contribution in [-0.4, -0.2) is 22.3 Å². The van der Waals surface area contributed by atoms with Gasteiger partial charge in [0.1, 0.15) is 0 Å². The number of hydrogen-bond donors (Lipinski definition) is 2. The molecule has 2 N–H and O–H groups in total. The second-order valence-electron chi connectivity index (χ2n) is 8.83. The van der Waals surface area contributed by atoms with Gasteiger partial charge in [0, 0.05) is 5.41 Å². The maximum Gasteiger partial charge on any atom is 0.309 e. The second kappa shape index (κ2) is 5.20. The summed E-state index contributed by atoms with van der Waals surface area (Å²) in [5, 5.41) is 20.6. The van der Waals surface area contributed by atoms with Crippen LogP contribution < -0.4 is 0 Å². The van der Waals surface area contributed by atoms with Gasteiger partial charge in [-0.25, -0.2) is 0 Å². The predicted molar refractivity (Wildman–Crippen MR) is 90.9 cm³/mol. The van der Waals surface area contributed by atoms with Gasteiger partial charge < -0.3 is 10.2 Å². The van der Waals surface area contributed by atoms with Crippen molar-refractivity contribution >= 4 is 5.97 Å². The maximum absolute atomic E-state index is 12.0. The second-order valence-corrected chi connectivity index (χ2v) is 8.83. The van der Waals surface area contributed by atoms with Gasteiger partial charge in [0.2, 0.25) is 0 Å². The van der Waals surface area contributed by atoms with Crippen molar-refractivity contribution in [3.05, 3.63) is 24.3 Å². The molecule has 0 unspecified atom stereocenters. The van der Waals surface area contributed by atoms with E-state index in [9.17, 15) is 15.0 Å². The van der Waals surface area contributed by atoms with Crippen molar-refractivity contribution in [2.45, 2.75) is 65.4 Å². The number of carboxylic acids is 1. The minimum Gasteiger partial charge on any atom is -0.481 e. The van der Waals surface area contributed by atoms with Crippen LogP contribution in [0.2, 0.25) is 0 Å². The van der Waals surface area contributed by atoms with Crippen LogP contribution in [0.5, 0.6) is 0 Å². The Kier molecular flexibility index (Phi) is 3.79. The third kappa shape index (κ3) is 2.31. The Morgan fingerprint density at radius 1 is 1.30 bits per heavy atom. The molecule has 2 saturated carbocycles. The lowest BCUT2D eigenvalue weighted by atomic mass is 9.44. The molecule has 0 saturated heterocycles. The molecular weight excluding hydrogens is 288 g/mol. The van der Waals surface area contributed by atoms with E-state index in [4.69, 9.17) is 0 Å². The smallest absolute Gasteiger partial charge is 0.309 e. The highest BCUT2D eigenvalue weighted by Gasteiger charge is 2.60. The molecular formula is C20H30O3. The van der Waals surface area contributed by atoms with E-state index in [2.05, 4.69) is 26.5 Å². The van der Waals surface area contributed by atoms with E-state index in [-0.39, 0.29) is 16.7 Å². The molecule has 0 aliphatic heterocycles. The van der Waals surface area contributed by atoms with Gasteiger partial charge in [0.15, 0.2) is 0 Å². The van der Waals surface area contributed by atoms with E-state index in [0.717, 1.165) is 37.7 Å². The summed E-state index contributed by atoms with van der Waals surface area (Å²) in [5.74, 6) is -0.338. The molecule has 0 spiro atoms. The number of aliphatic hydroxyl groups is 1. The van der Waals surface area contributed by atoms with E-state index in [1.165, 1.54) is 0 Å². The molecule has 23 heavy (non-hydrogen) atoms. The number of rotatable bonds is 2. The Balaban J connectivity index is 2.05. The third-order valence-electron chi connectivity index (χ3n) is 7.44. The van der Waals surface area contributed by atoms with E-state index in [1.54, 1.807) is 0 Å². The summed E-state index contributed by atoms with van der Waals surface area (Å²) in [6.45, 7) is 10.3. The molecule has 0 aromatic rings. The molecule has 0 aromatic heterocycles.